The molecule has 0 aromatic heterocycles. The number of amides is 1. The summed E-state index contributed by atoms with van der Waals surface area (Å²) in [6.45, 7) is 1.09. The summed E-state index contributed by atoms with van der Waals surface area (Å²) in [5.41, 5.74) is 1.05. The van der Waals surface area contributed by atoms with Gasteiger partial charge in [0.1, 0.15) is 11.5 Å². The summed E-state index contributed by atoms with van der Waals surface area (Å²) in [5, 5.41) is 0. The predicted molar refractivity (Wildman–Crippen MR) is 72.0 cm³/mol. The van der Waals surface area contributed by atoms with Gasteiger partial charge in [0.15, 0.2) is 0 Å². The average Bonchev–Trinajstić information content (AvgIpc) is 2.71. The summed E-state index contributed by atoms with van der Waals surface area (Å²) < 4.78 is 11.9. The van der Waals surface area contributed by atoms with Gasteiger partial charge in [0, 0.05) is 10.6 Å². The number of nitrogens with zero attached hydrogens (tertiary/aromatic N) is 1. The van der Waals surface area contributed by atoms with Crippen molar-refractivity contribution in [2.24, 2.45) is 0 Å². The molecule has 1 fully saturated rings. The third kappa shape index (κ3) is 2.91. The molecule has 0 aliphatic carbocycles. The van der Waals surface area contributed by atoms with Gasteiger partial charge in [0.25, 0.3) is 0 Å². The van der Waals surface area contributed by atoms with Crippen LogP contribution in [-0.2, 0) is 11.3 Å². The van der Waals surface area contributed by atoms with Crippen molar-refractivity contribution < 1.29 is 14.3 Å². The Bertz CT molecular complexity index is 442. The largest absolute Gasteiger partial charge is 0.497 e. The minimum Gasteiger partial charge on any atom is -0.497 e. The minimum atomic E-state index is -0.288. The van der Waals surface area contributed by atoms with Crippen molar-refractivity contribution in [3.05, 3.63) is 39.7 Å². The second kappa shape index (κ2) is 5.39. The number of hydrogen-bond acceptors (Lipinski definition) is 3. The summed E-state index contributed by atoms with van der Waals surface area (Å²) in [5.74, 6) is 1.51. The molecule has 0 spiro atoms. The molecular weight excluding hydrogens is 333 g/mol. The minimum absolute atomic E-state index is 0.288. The van der Waals surface area contributed by atoms with E-state index in [1.54, 1.807) is 16.1 Å². The van der Waals surface area contributed by atoms with Crippen LogP contribution in [0.3, 0.4) is 0 Å². The fourth-order valence-corrected chi connectivity index (χ4v) is 1.91. The van der Waals surface area contributed by atoms with Gasteiger partial charge in [-0.25, -0.2) is 4.79 Å². The molecule has 1 aromatic carbocycles. The van der Waals surface area contributed by atoms with E-state index < -0.39 is 0 Å². The Morgan fingerprint density at radius 3 is 2.71 bits per heavy atom. The van der Waals surface area contributed by atoms with E-state index in [-0.39, 0.29) is 6.09 Å². The third-order valence-electron chi connectivity index (χ3n) is 2.48. The lowest BCUT2D eigenvalue weighted by molar-refractivity contribution is 0.167. The predicted octanol–water partition coefficient (Wildman–Crippen LogP) is 2.92. The zero-order valence-corrected chi connectivity index (χ0v) is 11.5. The highest BCUT2D eigenvalue weighted by Gasteiger charge is 2.26. The molecule has 90 valence electrons. The van der Waals surface area contributed by atoms with E-state index in [1.165, 1.54) is 0 Å². The van der Waals surface area contributed by atoms with Crippen molar-refractivity contribution >= 4 is 28.7 Å². The molecule has 1 amide bonds. The van der Waals surface area contributed by atoms with Crippen LogP contribution in [-0.4, -0.2) is 24.6 Å². The Kier molecular flexibility index (Phi) is 3.88. The Labute approximate surface area is 113 Å². The van der Waals surface area contributed by atoms with Gasteiger partial charge in [-0.1, -0.05) is 12.1 Å². The Morgan fingerprint density at radius 1 is 1.47 bits per heavy atom. The first kappa shape index (κ1) is 12.2. The van der Waals surface area contributed by atoms with Crippen LogP contribution in [0, 0.1) is 0 Å². The van der Waals surface area contributed by atoms with Crippen molar-refractivity contribution in [1.29, 1.82) is 0 Å². The number of hydrogen-bond donors (Lipinski definition) is 0. The average molecular weight is 345 g/mol. The second-order valence-electron chi connectivity index (χ2n) is 3.65. The molecule has 2 rings (SSSR count). The van der Waals surface area contributed by atoms with Gasteiger partial charge in [-0.15, -0.1) is 0 Å². The van der Waals surface area contributed by atoms with Crippen LogP contribution in [0.15, 0.2) is 34.1 Å². The van der Waals surface area contributed by atoms with E-state index in [0.29, 0.717) is 18.8 Å². The standard InChI is InChI=1S/C12H12INO3/c1-16-10-4-2-9(3-5-10)7-14-8-11(6-13)17-12(14)15/h2-6H,7-8H2,1H3. The molecular formula is C12H12INO3. The van der Waals surface area contributed by atoms with Gasteiger partial charge in [-0.2, -0.15) is 0 Å². The maximum absolute atomic E-state index is 11.5. The van der Waals surface area contributed by atoms with E-state index in [0.717, 1.165) is 11.3 Å². The number of cyclic esters (lactones) is 1. The van der Waals surface area contributed by atoms with Gasteiger partial charge in [0.05, 0.1) is 13.7 Å². The summed E-state index contributed by atoms with van der Waals surface area (Å²) in [7, 11) is 1.63. The maximum atomic E-state index is 11.5. The van der Waals surface area contributed by atoms with Crippen LogP contribution in [0.1, 0.15) is 5.56 Å². The van der Waals surface area contributed by atoms with Gasteiger partial charge in [0.2, 0.25) is 0 Å². The van der Waals surface area contributed by atoms with Crippen LogP contribution in [0.5, 0.6) is 5.75 Å². The smallest absolute Gasteiger partial charge is 0.415 e. The van der Waals surface area contributed by atoms with Crippen LogP contribution in [0.25, 0.3) is 0 Å². The van der Waals surface area contributed by atoms with Crippen molar-refractivity contribution in [3.8, 4) is 5.75 Å². The fourth-order valence-electron chi connectivity index (χ4n) is 1.59. The molecule has 0 unspecified atom stereocenters. The fraction of sp³-hybridized carbons (Fsp3) is 0.250. The van der Waals surface area contributed by atoms with E-state index >= 15 is 0 Å². The van der Waals surface area contributed by atoms with E-state index in [2.05, 4.69) is 22.6 Å². The highest BCUT2D eigenvalue weighted by atomic mass is 127. The Hall–Kier alpha value is -1.24. The number of methoxy groups -OCH3 is 1. The van der Waals surface area contributed by atoms with Gasteiger partial charge in [-0.3, -0.25) is 4.90 Å². The summed E-state index contributed by atoms with van der Waals surface area (Å²) in [6.07, 6.45) is -0.288. The van der Waals surface area contributed by atoms with Crippen molar-refractivity contribution in [3.63, 3.8) is 0 Å². The summed E-state index contributed by atoms with van der Waals surface area (Å²) >= 11 is 2.07. The van der Waals surface area contributed by atoms with Crippen molar-refractivity contribution in [2.45, 2.75) is 6.54 Å². The van der Waals surface area contributed by atoms with E-state index in [9.17, 15) is 4.79 Å². The number of rotatable bonds is 3. The summed E-state index contributed by atoms with van der Waals surface area (Å²) in [4.78, 5) is 13.2. The van der Waals surface area contributed by atoms with Crippen LogP contribution in [0.2, 0.25) is 0 Å². The first-order chi connectivity index (χ1) is 8.22. The highest BCUT2D eigenvalue weighted by Crippen LogP contribution is 2.20. The molecule has 1 aromatic rings. The highest BCUT2D eigenvalue weighted by molar-refractivity contribution is 14.1. The lowest BCUT2D eigenvalue weighted by Gasteiger charge is -2.12. The Morgan fingerprint density at radius 2 is 2.18 bits per heavy atom. The first-order valence-corrected chi connectivity index (χ1v) is 6.36. The monoisotopic (exact) mass is 345 g/mol. The first-order valence-electron chi connectivity index (χ1n) is 5.12. The maximum Gasteiger partial charge on any atom is 0.415 e. The molecule has 1 aliphatic heterocycles. The molecule has 0 bridgehead atoms. The SMILES string of the molecule is COc1ccc(CN2CC(=CI)OC2=O)cc1. The molecule has 17 heavy (non-hydrogen) atoms. The lowest BCUT2D eigenvalue weighted by atomic mass is 10.2. The topological polar surface area (TPSA) is 38.8 Å². The number of benzene rings is 1. The van der Waals surface area contributed by atoms with Crippen molar-refractivity contribution in [1.82, 2.24) is 4.90 Å². The summed E-state index contributed by atoms with van der Waals surface area (Å²) in [6, 6.07) is 7.65. The lowest BCUT2D eigenvalue weighted by Crippen LogP contribution is -2.23. The van der Waals surface area contributed by atoms with E-state index in [4.69, 9.17) is 9.47 Å². The van der Waals surface area contributed by atoms with Gasteiger partial charge >= 0.3 is 6.09 Å². The second-order valence-corrected chi connectivity index (χ2v) is 4.27. The third-order valence-corrected chi connectivity index (χ3v) is 3.17. The molecule has 5 heteroatoms. The quantitative estimate of drug-likeness (QED) is 0.791. The van der Waals surface area contributed by atoms with Gasteiger partial charge < -0.3 is 9.47 Å². The zero-order chi connectivity index (χ0) is 12.3. The normalized spacial score (nSPS) is 17.4. The number of halogens is 1. The van der Waals surface area contributed by atoms with Gasteiger partial charge in [-0.05, 0) is 40.3 Å². The zero-order valence-electron chi connectivity index (χ0n) is 9.35. The van der Waals surface area contributed by atoms with Crippen LogP contribution in [0.4, 0.5) is 4.79 Å². The molecule has 4 nitrogen and oxygen atoms in total. The van der Waals surface area contributed by atoms with Crippen LogP contribution < -0.4 is 4.74 Å². The molecule has 0 atom stereocenters. The molecule has 1 saturated heterocycles. The molecule has 1 aliphatic rings. The number of carbonyl (C=O) groups is 1. The van der Waals surface area contributed by atoms with E-state index in [1.807, 2.05) is 24.3 Å². The molecule has 0 radical (unpaired) electrons. The molecule has 0 saturated carbocycles. The number of carbonyl (C=O) groups excluding carboxylic acids is 1. The van der Waals surface area contributed by atoms with Crippen molar-refractivity contribution in [2.75, 3.05) is 13.7 Å². The molecule has 0 N–H and O–H groups in total. The number of ether oxygens (including phenoxy) is 2. The van der Waals surface area contributed by atoms with Crippen LogP contribution >= 0.6 is 22.6 Å². The molecule has 1 heterocycles. The Balaban J connectivity index is 2.03.